The molecule has 31 heavy (non-hydrogen) atoms. The van der Waals surface area contributed by atoms with Gasteiger partial charge < -0.3 is 9.88 Å². The van der Waals surface area contributed by atoms with Crippen molar-refractivity contribution in [3.05, 3.63) is 91.4 Å². The lowest BCUT2D eigenvalue weighted by Gasteiger charge is -2.10. The second kappa shape index (κ2) is 7.79. The molecule has 0 aliphatic carbocycles. The third kappa shape index (κ3) is 3.64. The van der Waals surface area contributed by atoms with Crippen LogP contribution in [0.3, 0.4) is 0 Å². The van der Waals surface area contributed by atoms with Crippen LogP contribution < -0.4 is 10.6 Å². The van der Waals surface area contributed by atoms with Crippen molar-refractivity contribution in [1.29, 1.82) is 0 Å². The Balaban J connectivity index is 1.44. The Hall–Kier alpha value is -4.39. The van der Waals surface area contributed by atoms with Crippen LogP contribution in [-0.2, 0) is 7.05 Å². The Morgan fingerprint density at radius 3 is 2.48 bits per heavy atom. The van der Waals surface area contributed by atoms with Crippen molar-refractivity contribution < 1.29 is 4.79 Å². The van der Waals surface area contributed by atoms with Crippen LogP contribution in [0.25, 0.3) is 28.3 Å². The highest BCUT2D eigenvalue weighted by Crippen LogP contribution is 2.29. The smallest absolute Gasteiger partial charge is 0.324 e. The molecule has 152 valence electrons. The van der Waals surface area contributed by atoms with E-state index >= 15 is 0 Å². The number of aromatic nitrogens is 4. The molecule has 0 atom stereocenters. The molecular weight excluding hydrogens is 388 g/mol. The van der Waals surface area contributed by atoms with Gasteiger partial charge in [0.2, 0.25) is 0 Å². The second-order valence-electron chi connectivity index (χ2n) is 7.13. The highest BCUT2D eigenvalue weighted by molar-refractivity contribution is 6.02. The monoisotopic (exact) mass is 408 g/mol. The molecule has 0 spiro atoms. The maximum absolute atomic E-state index is 12.9. The molecule has 5 aromatic rings. The number of hydrogen-bond acceptors (Lipinski definition) is 3. The fourth-order valence-corrected chi connectivity index (χ4v) is 3.56. The number of pyridine rings is 1. The quantitative estimate of drug-likeness (QED) is 0.437. The summed E-state index contributed by atoms with van der Waals surface area (Å²) in [6.45, 7) is 0. The molecule has 0 unspecified atom stereocenters. The summed E-state index contributed by atoms with van der Waals surface area (Å²) < 4.78 is 3.80. The van der Waals surface area contributed by atoms with E-state index in [9.17, 15) is 4.79 Å². The van der Waals surface area contributed by atoms with Crippen LogP contribution in [-0.4, -0.2) is 25.0 Å². The minimum atomic E-state index is -0.347. The first-order chi connectivity index (χ1) is 15.2. The van der Waals surface area contributed by atoms with Gasteiger partial charge in [0.1, 0.15) is 23.0 Å². The standard InChI is InChI=1S/C24H20N6O/c1-29-15-13-25-22(29)18-10-7-11-19(16-18)26-24(31)28-23-21(17-8-3-2-4-9-17)27-20-12-5-6-14-30(20)23/h2-16H,1H3,(H2,26,28,31). The molecule has 0 saturated carbocycles. The summed E-state index contributed by atoms with van der Waals surface area (Å²) >= 11 is 0. The predicted octanol–water partition coefficient (Wildman–Crippen LogP) is 5.05. The Morgan fingerprint density at radius 1 is 0.871 bits per heavy atom. The number of rotatable bonds is 4. The summed E-state index contributed by atoms with van der Waals surface area (Å²) in [7, 11) is 1.94. The number of fused-ring (bicyclic) bond motifs is 1. The molecule has 3 heterocycles. The minimum absolute atomic E-state index is 0.347. The zero-order chi connectivity index (χ0) is 21.2. The van der Waals surface area contributed by atoms with E-state index < -0.39 is 0 Å². The fourth-order valence-electron chi connectivity index (χ4n) is 3.56. The van der Waals surface area contributed by atoms with Crippen molar-refractivity contribution in [2.24, 2.45) is 7.05 Å². The van der Waals surface area contributed by atoms with Gasteiger partial charge in [0.05, 0.1) is 0 Å². The van der Waals surface area contributed by atoms with Gasteiger partial charge in [0.25, 0.3) is 0 Å². The summed E-state index contributed by atoms with van der Waals surface area (Å²) in [5.41, 5.74) is 3.99. The van der Waals surface area contributed by atoms with Gasteiger partial charge in [-0.1, -0.05) is 48.5 Å². The number of imidazole rings is 2. The number of carbonyl (C=O) groups excluding carboxylic acids is 1. The van der Waals surface area contributed by atoms with Crippen LogP contribution in [0.1, 0.15) is 0 Å². The SMILES string of the molecule is Cn1ccnc1-c1cccc(NC(=O)Nc2c(-c3ccccc3)nc3ccccn23)c1. The van der Waals surface area contributed by atoms with E-state index in [2.05, 4.69) is 15.6 Å². The van der Waals surface area contributed by atoms with Gasteiger partial charge >= 0.3 is 6.03 Å². The van der Waals surface area contributed by atoms with Crippen molar-refractivity contribution in [2.45, 2.75) is 0 Å². The van der Waals surface area contributed by atoms with Crippen LogP contribution in [0.2, 0.25) is 0 Å². The Labute approximate surface area is 179 Å². The number of amides is 2. The van der Waals surface area contributed by atoms with Crippen molar-refractivity contribution in [3.8, 4) is 22.6 Å². The summed E-state index contributed by atoms with van der Waals surface area (Å²) in [6, 6.07) is 22.8. The number of aryl methyl sites for hydroxylation is 1. The van der Waals surface area contributed by atoms with E-state index in [4.69, 9.17) is 4.98 Å². The number of carbonyl (C=O) groups is 1. The molecule has 7 heteroatoms. The first kappa shape index (κ1) is 18.6. The molecule has 0 radical (unpaired) electrons. The Bertz CT molecular complexity index is 1370. The Morgan fingerprint density at radius 2 is 1.68 bits per heavy atom. The zero-order valence-corrected chi connectivity index (χ0v) is 16.9. The van der Waals surface area contributed by atoms with E-state index in [0.717, 1.165) is 22.6 Å². The average molecular weight is 408 g/mol. The van der Waals surface area contributed by atoms with Crippen LogP contribution in [0.15, 0.2) is 91.4 Å². The van der Waals surface area contributed by atoms with Crippen LogP contribution in [0, 0.1) is 0 Å². The zero-order valence-electron chi connectivity index (χ0n) is 16.9. The lowest BCUT2D eigenvalue weighted by Crippen LogP contribution is -2.20. The maximum atomic E-state index is 12.9. The molecule has 2 amide bonds. The lowest BCUT2D eigenvalue weighted by atomic mass is 10.1. The van der Waals surface area contributed by atoms with Crippen LogP contribution in [0.4, 0.5) is 16.3 Å². The van der Waals surface area contributed by atoms with Crippen molar-refractivity contribution in [3.63, 3.8) is 0 Å². The van der Waals surface area contributed by atoms with Gasteiger partial charge in [-0.05, 0) is 24.3 Å². The molecule has 7 nitrogen and oxygen atoms in total. The van der Waals surface area contributed by atoms with Gasteiger partial charge in [0, 0.05) is 42.5 Å². The lowest BCUT2D eigenvalue weighted by molar-refractivity contribution is 0.262. The van der Waals surface area contributed by atoms with Crippen LogP contribution >= 0.6 is 0 Å². The highest BCUT2D eigenvalue weighted by Gasteiger charge is 2.16. The molecule has 0 saturated heterocycles. The summed E-state index contributed by atoms with van der Waals surface area (Å²) in [6.07, 6.45) is 5.52. The van der Waals surface area contributed by atoms with E-state index in [1.165, 1.54) is 0 Å². The number of hydrogen-bond donors (Lipinski definition) is 2. The van der Waals surface area contributed by atoms with Gasteiger partial charge in [-0.15, -0.1) is 0 Å². The minimum Gasteiger partial charge on any atom is -0.334 e. The topological polar surface area (TPSA) is 76.2 Å². The molecule has 0 fully saturated rings. The first-order valence-electron chi connectivity index (χ1n) is 9.87. The molecule has 5 rings (SSSR count). The van der Waals surface area contributed by atoms with Gasteiger partial charge in [-0.25, -0.2) is 14.8 Å². The molecule has 3 aromatic heterocycles. The average Bonchev–Trinajstić information content (AvgIpc) is 3.38. The van der Waals surface area contributed by atoms with E-state index in [0.29, 0.717) is 17.2 Å². The van der Waals surface area contributed by atoms with E-state index in [1.807, 2.05) is 101 Å². The first-order valence-corrected chi connectivity index (χ1v) is 9.87. The maximum Gasteiger partial charge on any atom is 0.324 e. The highest BCUT2D eigenvalue weighted by atomic mass is 16.2. The molecule has 2 N–H and O–H groups in total. The molecule has 2 aromatic carbocycles. The second-order valence-corrected chi connectivity index (χ2v) is 7.13. The number of urea groups is 1. The third-order valence-electron chi connectivity index (χ3n) is 5.01. The fraction of sp³-hybridized carbons (Fsp3) is 0.0417. The third-order valence-corrected chi connectivity index (χ3v) is 5.01. The van der Waals surface area contributed by atoms with Gasteiger partial charge in [-0.3, -0.25) is 9.72 Å². The largest absolute Gasteiger partial charge is 0.334 e. The number of anilines is 2. The van der Waals surface area contributed by atoms with Gasteiger partial charge in [0.15, 0.2) is 0 Å². The van der Waals surface area contributed by atoms with Crippen molar-refractivity contribution in [1.82, 2.24) is 18.9 Å². The number of benzene rings is 2. The number of nitrogens with one attached hydrogen (secondary N) is 2. The molecule has 0 aliphatic heterocycles. The number of nitrogens with zero attached hydrogens (tertiary/aromatic N) is 4. The van der Waals surface area contributed by atoms with Crippen molar-refractivity contribution >= 4 is 23.2 Å². The Kier molecular flexibility index (Phi) is 4.68. The molecule has 0 aliphatic rings. The molecular formula is C24H20N6O. The molecule has 0 bridgehead atoms. The van der Waals surface area contributed by atoms with E-state index in [-0.39, 0.29) is 6.03 Å². The van der Waals surface area contributed by atoms with E-state index in [1.54, 1.807) is 6.20 Å². The van der Waals surface area contributed by atoms with Gasteiger partial charge in [-0.2, -0.15) is 0 Å². The summed E-state index contributed by atoms with van der Waals surface area (Å²) in [5, 5.41) is 5.89. The van der Waals surface area contributed by atoms with Crippen molar-refractivity contribution in [2.75, 3.05) is 10.6 Å². The predicted molar refractivity (Wildman–Crippen MR) is 122 cm³/mol. The summed E-state index contributed by atoms with van der Waals surface area (Å²) in [5.74, 6) is 1.44. The normalized spacial score (nSPS) is 10.9. The summed E-state index contributed by atoms with van der Waals surface area (Å²) in [4.78, 5) is 22.0. The van der Waals surface area contributed by atoms with Crippen LogP contribution in [0.5, 0.6) is 0 Å².